The van der Waals surface area contributed by atoms with Crippen LogP contribution in [0.4, 0.5) is 34.1 Å². The van der Waals surface area contributed by atoms with Crippen LogP contribution in [0.25, 0.3) is 0 Å². The van der Waals surface area contributed by atoms with Crippen molar-refractivity contribution in [2.45, 2.75) is 78.1 Å². The van der Waals surface area contributed by atoms with Crippen LogP contribution in [0.5, 0.6) is 23.0 Å². The molecule has 0 atom stereocenters. The zero-order valence-corrected chi connectivity index (χ0v) is 35.2. The third kappa shape index (κ3) is 9.29. The monoisotopic (exact) mass is 834 g/mol. The number of azo groups is 2. The van der Waals surface area contributed by atoms with E-state index in [9.17, 15) is 40.7 Å². The van der Waals surface area contributed by atoms with Gasteiger partial charge in [-0.3, -0.25) is 20.2 Å². The predicted molar refractivity (Wildman–Crippen MR) is 236 cm³/mol. The van der Waals surface area contributed by atoms with Gasteiger partial charge in [0.05, 0.1) is 32.6 Å². The maximum Gasteiger partial charge on any atom is 0.269 e. The van der Waals surface area contributed by atoms with Crippen LogP contribution in [0.2, 0.25) is 0 Å². The molecule has 6 aromatic rings. The van der Waals surface area contributed by atoms with Crippen LogP contribution in [0.3, 0.4) is 0 Å². The number of phenols is 4. The molecule has 7 rings (SSSR count). The summed E-state index contributed by atoms with van der Waals surface area (Å²) in [7, 11) is 0. The Morgan fingerprint density at radius 3 is 0.855 bits per heavy atom. The first-order valence-electron chi connectivity index (χ1n) is 20.0. The molecule has 0 amide bonds. The molecule has 0 unspecified atom stereocenters. The summed E-state index contributed by atoms with van der Waals surface area (Å²) in [6.07, 6.45) is 0.288. The van der Waals surface area contributed by atoms with Gasteiger partial charge in [0, 0.05) is 72.2 Å². The van der Waals surface area contributed by atoms with E-state index in [4.69, 9.17) is 0 Å². The Morgan fingerprint density at radius 2 is 0.629 bits per heavy atom. The van der Waals surface area contributed by atoms with E-state index in [1.165, 1.54) is 48.5 Å². The minimum Gasteiger partial charge on any atom is -0.507 e. The predicted octanol–water partition coefficient (Wildman–Crippen LogP) is 12.4. The highest BCUT2D eigenvalue weighted by Gasteiger charge is 2.25. The van der Waals surface area contributed by atoms with Crippen molar-refractivity contribution in [3.05, 3.63) is 173 Å². The summed E-state index contributed by atoms with van der Waals surface area (Å²) in [5, 5.41) is 88.1. The molecule has 316 valence electrons. The minimum absolute atomic E-state index is 0.0273. The van der Waals surface area contributed by atoms with Crippen molar-refractivity contribution in [3.8, 4) is 23.0 Å². The van der Waals surface area contributed by atoms with Crippen molar-refractivity contribution in [2.24, 2.45) is 20.5 Å². The van der Waals surface area contributed by atoms with Crippen molar-refractivity contribution in [1.82, 2.24) is 0 Å². The van der Waals surface area contributed by atoms with Gasteiger partial charge < -0.3 is 20.4 Å². The van der Waals surface area contributed by atoms with Crippen LogP contribution < -0.4 is 0 Å². The molecular weight excluding hydrogens is 789 g/mol. The molecule has 0 fully saturated rings. The van der Waals surface area contributed by atoms with Crippen molar-refractivity contribution >= 4 is 34.1 Å². The van der Waals surface area contributed by atoms with Gasteiger partial charge in [-0.2, -0.15) is 20.5 Å². The number of nitrogens with zero attached hydrogens (tertiary/aromatic N) is 6. The molecule has 0 aliphatic heterocycles. The van der Waals surface area contributed by atoms with Crippen LogP contribution in [-0.2, 0) is 36.5 Å². The summed E-state index contributed by atoms with van der Waals surface area (Å²) < 4.78 is 0. The molecule has 0 saturated heterocycles. The molecular formula is C48H46N6O8. The Labute approximate surface area is 357 Å². The van der Waals surface area contributed by atoms with Gasteiger partial charge in [0.25, 0.3) is 11.4 Å². The number of fused-ring (bicyclic) bond motifs is 8. The highest BCUT2D eigenvalue weighted by Crippen LogP contribution is 2.43. The second-order valence-corrected chi connectivity index (χ2v) is 17.7. The van der Waals surface area contributed by atoms with Gasteiger partial charge in [-0.1, -0.05) is 65.8 Å². The lowest BCUT2D eigenvalue weighted by Crippen LogP contribution is -2.13. The number of non-ortho nitro benzene ring substituents is 2. The number of nitro groups is 2. The Hall–Kier alpha value is -7.48. The number of benzene rings is 6. The molecule has 0 saturated carbocycles. The smallest absolute Gasteiger partial charge is 0.269 e. The Kier molecular flexibility index (Phi) is 11.4. The fourth-order valence-electron chi connectivity index (χ4n) is 7.40. The SMILES string of the molecule is CC(C)(C)c1cc2c(O)c(c1)Cc1cc(N=Nc3ccc([N+](=O)[O-])cc3)cc(c1O)Cc1cc(C(C)(C)C)cc(c1O)Cc1cc(N=Nc3ccc([N+](=O)[O-])cc3)cc(c1O)C2. The first-order valence-corrected chi connectivity index (χ1v) is 20.0. The fourth-order valence-corrected chi connectivity index (χ4v) is 7.40. The summed E-state index contributed by atoms with van der Waals surface area (Å²) in [4.78, 5) is 21.4. The average Bonchev–Trinajstić information content (AvgIpc) is 3.21. The number of hydrogen-bond acceptors (Lipinski definition) is 12. The van der Waals surface area contributed by atoms with Gasteiger partial charge >= 0.3 is 0 Å². The molecule has 14 nitrogen and oxygen atoms in total. The lowest BCUT2D eigenvalue weighted by Gasteiger charge is -2.24. The molecule has 1 aliphatic rings. The molecule has 62 heavy (non-hydrogen) atoms. The van der Waals surface area contributed by atoms with Crippen molar-refractivity contribution in [2.75, 3.05) is 0 Å². The van der Waals surface area contributed by atoms with Crippen LogP contribution in [-0.4, -0.2) is 30.3 Å². The van der Waals surface area contributed by atoms with Crippen molar-refractivity contribution in [1.29, 1.82) is 0 Å². The second kappa shape index (κ2) is 16.5. The lowest BCUT2D eigenvalue weighted by molar-refractivity contribution is -0.385. The topological polar surface area (TPSA) is 217 Å². The summed E-state index contributed by atoms with van der Waals surface area (Å²) in [6.45, 7) is 12.3. The van der Waals surface area contributed by atoms with E-state index in [2.05, 4.69) is 62.0 Å². The summed E-state index contributed by atoms with van der Waals surface area (Å²) in [6, 6.07) is 25.6. The van der Waals surface area contributed by atoms with E-state index in [0.717, 1.165) is 11.1 Å². The molecule has 0 spiro atoms. The summed E-state index contributed by atoms with van der Waals surface area (Å²) >= 11 is 0. The summed E-state index contributed by atoms with van der Waals surface area (Å²) in [5.41, 5.74) is 6.20. The molecule has 0 aromatic heterocycles. The van der Waals surface area contributed by atoms with Gasteiger partial charge in [-0.05, 0) is 92.7 Å². The fraction of sp³-hybridized carbons (Fsp3) is 0.250. The highest BCUT2D eigenvalue weighted by atomic mass is 16.6. The lowest BCUT2D eigenvalue weighted by atomic mass is 9.81. The number of hydrogen-bond donors (Lipinski definition) is 4. The van der Waals surface area contributed by atoms with E-state index in [0.29, 0.717) is 67.3 Å². The highest BCUT2D eigenvalue weighted by molar-refractivity contribution is 5.62. The third-order valence-electron chi connectivity index (χ3n) is 11.0. The van der Waals surface area contributed by atoms with E-state index in [-0.39, 0.29) is 70.9 Å². The maximum atomic E-state index is 12.0. The molecule has 4 N–H and O–H groups in total. The van der Waals surface area contributed by atoms with Gasteiger partial charge in [-0.25, -0.2) is 0 Å². The normalized spacial score (nSPS) is 13.1. The van der Waals surface area contributed by atoms with Gasteiger partial charge in [0.15, 0.2) is 0 Å². The molecule has 14 heteroatoms. The molecule has 6 aromatic carbocycles. The van der Waals surface area contributed by atoms with E-state index in [1.807, 2.05) is 24.3 Å². The first kappa shape index (κ1) is 42.6. The molecule has 8 bridgehead atoms. The quantitative estimate of drug-likeness (QED) is 0.0716. The third-order valence-corrected chi connectivity index (χ3v) is 11.0. The van der Waals surface area contributed by atoms with Crippen LogP contribution in [0, 0.1) is 20.2 Å². The largest absolute Gasteiger partial charge is 0.507 e. The van der Waals surface area contributed by atoms with E-state index >= 15 is 0 Å². The van der Waals surface area contributed by atoms with E-state index in [1.54, 1.807) is 24.3 Å². The Bertz CT molecular complexity index is 2510. The average molecular weight is 835 g/mol. The number of rotatable bonds is 6. The standard InChI is InChI=1S/C48H46N6O8/c1-47(2,3)35-19-27-15-31-23-39(51-49-37-7-11-41(12-8-37)53(59)60)25-33(45(31)57)17-29-21-36(48(4,5)6)22-30(44(29)56)18-34-26-40(24-32(46(34)58)16-28(20-35)43(27)55)52-50-38-9-13-42(14-10-38)54(61)62/h7-14,19-26,55-58H,15-18H2,1-6H3. The van der Waals surface area contributed by atoms with Crippen LogP contribution >= 0.6 is 0 Å². The maximum absolute atomic E-state index is 12.0. The van der Waals surface area contributed by atoms with Gasteiger partial charge in [0.1, 0.15) is 23.0 Å². The number of aromatic hydroxyl groups is 4. The van der Waals surface area contributed by atoms with E-state index < -0.39 is 9.85 Å². The second-order valence-electron chi connectivity index (χ2n) is 17.7. The van der Waals surface area contributed by atoms with Gasteiger partial charge in [-0.15, -0.1) is 0 Å². The zero-order chi connectivity index (χ0) is 44.7. The Balaban J connectivity index is 1.43. The summed E-state index contributed by atoms with van der Waals surface area (Å²) in [5.74, 6) is -0.135. The Morgan fingerprint density at radius 1 is 0.403 bits per heavy atom. The van der Waals surface area contributed by atoms with Crippen molar-refractivity contribution < 1.29 is 30.3 Å². The first-order chi connectivity index (χ1) is 29.2. The molecule has 0 radical (unpaired) electrons. The van der Waals surface area contributed by atoms with Gasteiger partial charge in [0.2, 0.25) is 0 Å². The van der Waals surface area contributed by atoms with Crippen molar-refractivity contribution in [3.63, 3.8) is 0 Å². The molecule has 1 aliphatic carbocycles. The number of phenolic OH excluding ortho intramolecular Hbond substituents is 4. The van der Waals surface area contributed by atoms with Crippen LogP contribution in [0.15, 0.2) is 118 Å². The zero-order valence-electron chi connectivity index (χ0n) is 35.2. The number of nitro benzene ring substituents is 2. The minimum atomic E-state index is -0.497. The van der Waals surface area contributed by atoms with Crippen LogP contribution in [0.1, 0.15) is 97.2 Å². The molecule has 0 heterocycles.